The quantitative estimate of drug-likeness (QED) is 0.464. The molecule has 0 radical (unpaired) electrons. The van der Waals surface area contributed by atoms with Crippen molar-refractivity contribution in [2.75, 3.05) is 18.5 Å². The summed E-state index contributed by atoms with van der Waals surface area (Å²) in [4.78, 5) is 18.0. The molecule has 6 heteroatoms. The monoisotopic (exact) mass is 427 g/mol. The molecule has 1 N–H and O–H groups in total. The van der Waals surface area contributed by atoms with E-state index in [-0.39, 0.29) is 12.0 Å². The first-order chi connectivity index (χ1) is 15.7. The fourth-order valence-electron chi connectivity index (χ4n) is 3.99. The largest absolute Gasteiger partial charge is 0.491 e. The number of fused-ring (bicyclic) bond motifs is 1. The van der Waals surface area contributed by atoms with E-state index in [1.54, 1.807) is 12.1 Å². The summed E-state index contributed by atoms with van der Waals surface area (Å²) < 4.78 is 13.4. The Kier molecular flexibility index (Phi) is 5.60. The molecule has 1 amide bonds. The molecule has 162 valence electrons. The molecule has 0 bridgehead atoms. The summed E-state index contributed by atoms with van der Waals surface area (Å²) in [7, 11) is 0. The lowest BCUT2D eigenvalue weighted by molar-refractivity contribution is 0.0679. The van der Waals surface area contributed by atoms with Crippen LogP contribution in [0.5, 0.6) is 5.75 Å². The Morgan fingerprint density at radius 3 is 2.84 bits per heavy atom. The van der Waals surface area contributed by atoms with Gasteiger partial charge in [-0.05, 0) is 49.6 Å². The highest BCUT2D eigenvalue weighted by Gasteiger charge is 2.19. The molecule has 6 nitrogen and oxygen atoms in total. The van der Waals surface area contributed by atoms with Crippen molar-refractivity contribution in [1.29, 1.82) is 0 Å². The van der Waals surface area contributed by atoms with Crippen molar-refractivity contribution >= 4 is 17.4 Å². The molecule has 0 saturated carbocycles. The molecule has 1 fully saturated rings. The van der Waals surface area contributed by atoms with Crippen molar-refractivity contribution in [2.24, 2.45) is 0 Å². The number of nitrogens with zero attached hydrogens (tertiary/aromatic N) is 2. The van der Waals surface area contributed by atoms with Gasteiger partial charge < -0.3 is 14.8 Å². The van der Waals surface area contributed by atoms with Gasteiger partial charge in [0.2, 0.25) is 0 Å². The number of pyridine rings is 1. The topological polar surface area (TPSA) is 64.9 Å². The number of carbonyl (C=O) groups excluding carboxylic acids is 1. The molecule has 1 saturated heterocycles. The van der Waals surface area contributed by atoms with Gasteiger partial charge in [0.05, 0.1) is 6.10 Å². The normalized spacial score (nSPS) is 15.7. The number of anilines is 1. The van der Waals surface area contributed by atoms with Crippen molar-refractivity contribution in [3.63, 3.8) is 0 Å². The summed E-state index contributed by atoms with van der Waals surface area (Å²) in [6.07, 6.45) is 4.12. The van der Waals surface area contributed by atoms with Gasteiger partial charge in [-0.1, -0.05) is 42.5 Å². The first-order valence-electron chi connectivity index (χ1n) is 10.9. The third-order valence-electron chi connectivity index (χ3n) is 5.68. The number of carbonyl (C=O) groups is 1. The minimum absolute atomic E-state index is 0.127. The van der Waals surface area contributed by atoms with Crippen LogP contribution >= 0.6 is 0 Å². The van der Waals surface area contributed by atoms with Crippen LogP contribution in [0, 0.1) is 6.92 Å². The summed E-state index contributed by atoms with van der Waals surface area (Å²) in [5.41, 5.74) is 4.06. The van der Waals surface area contributed by atoms with E-state index in [0.717, 1.165) is 41.9 Å². The van der Waals surface area contributed by atoms with Gasteiger partial charge in [0.15, 0.2) is 0 Å². The maximum Gasteiger partial charge on any atom is 0.256 e. The molecule has 3 heterocycles. The van der Waals surface area contributed by atoms with E-state index in [1.807, 2.05) is 72.1 Å². The first-order valence-corrected chi connectivity index (χ1v) is 10.9. The highest BCUT2D eigenvalue weighted by molar-refractivity contribution is 6.06. The lowest BCUT2D eigenvalue weighted by Crippen LogP contribution is -2.17. The number of imidazole rings is 1. The van der Waals surface area contributed by atoms with Crippen LogP contribution < -0.4 is 10.1 Å². The Hall–Kier alpha value is -3.64. The molecule has 0 aliphatic carbocycles. The van der Waals surface area contributed by atoms with Gasteiger partial charge in [0, 0.05) is 23.9 Å². The van der Waals surface area contributed by atoms with Crippen molar-refractivity contribution < 1.29 is 14.3 Å². The Morgan fingerprint density at radius 2 is 2.03 bits per heavy atom. The van der Waals surface area contributed by atoms with Gasteiger partial charge in [0.25, 0.3) is 5.91 Å². The second-order valence-electron chi connectivity index (χ2n) is 7.99. The van der Waals surface area contributed by atoms with Crippen molar-refractivity contribution in [2.45, 2.75) is 25.9 Å². The zero-order chi connectivity index (χ0) is 21.9. The van der Waals surface area contributed by atoms with E-state index in [2.05, 4.69) is 5.32 Å². The van der Waals surface area contributed by atoms with Gasteiger partial charge in [-0.3, -0.25) is 9.20 Å². The van der Waals surface area contributed by atoms with Gasteiger partial charge >= 0.3 is 0 Å². The minimum Gasteiger partial charge on any atom is -0.491 e. The molecule has 1 aliphatic heterocycles. The smallest absolute Gasteiger partial charge is 0.256 e. The summed E-state index contributed by atoms with van der Waals surface area (Å²) in [5.74, 6) is 1.09. The number of aromatic nitrogens is 2. The Bertz CT molecular complexity index is 1240. The van der Waals surface area contributed by atoms with Gasteiger partial charge in [-0.25, -0.2) is 4.98 Å². The average Bonchev–Trinajstić information content (AvgIpc) is 3.48. The van der Waals surface area contributed by atoms with E-state index >= 15 is 0 Å². The number of ether oxygens (including phenoxy) is 2. The van der Waals surface area contributed by atoms with Crippen molar-refractivity contribution in [1.82, 2.24) is 9.38 Å². The molecule has 4 aromatic rings. The number of aryl methyl sites for hydroxylation is 1. The van der Waals surface area contributed by atoms with E-state index in [9.17, 15) is 4.79 Å². The summed E-state index contributed by atoms with van der Waals surface area (Å²) in [5, 5.41) is 3.08. The molecule has 1 atom stereocenters. The number of nitrogens with one attached hydrogen (secondary N) is 1. The molecule has 2 aromatic carbocycles. The molecule has 1 aliphatic rings. The third-order valence-corrected chi connectivity index (χ3v) is 5.68. The number of hydrogen-bond donors (Lipinski definition) is 1. The van der Waals surface area contributed by atoms with Crippen LogP contribution in [0.4, 0.5) is 5.82 Å². The van der Waals surface area contributed by atoms with Crippen LogP contribution in [0.15, 0.2) is 72.9 Å². The lowest BCUT2D eigenvalue weighted by Gasteiger charge is -2.12. The van der Waals surface area contributed by atoms with Gasteiger partial charge in [0.1, 0.15) is 29.5 Å². The average molecular weight is 428 g/mol. The number of hydrogen-bond acceptors (Lipinski definition) is 4. The van der Waals surface area contributed by atoms with Gasteiger partial charge in [-0.15, -0.1) is 0 Å². The van der Waals surface area contributed by atoms with Gasteiger partial charge in [-0.2, -0.15) is 0 Å². The molecular weight excluding hydrogens is 402 g/mol. The van der Waals surface area contributed by atoms with Crippen LogP contribution in [0.2, 0.25) is 0 Å². The Labute approximate surface area is 186 Å². The van der Waals surface area contributed by atoms with Crippen LogP contribution in [0.25, 0.3) is 16.9 Å². The fraction of sp³-hybridized carbons (Fsp3) is 0.231. The maximum absolute atomic E-state index is 13.2. The third kappa shape index (κ3) is 4.09. The molecule has 32 heavy (non-hydrogen) atoms. The number of rotatable bonds is 6. The zero-order valence-corrected chi connectivity index (χ0v) is 18.0. The van der Waals surface area contributed by atoms with Crippen LogP contribution in [-0.2, 0) is 4.74 Å². The predicted molar refractivity (Wildman–Crippen MR) is 124 cm³/mol. The summed E-state index contributed by atoms with van der Waals surface area (Å²) in [6.45, 7) is 3.30. The number of benzene rings is 2. The number of amides is 1. The summed E-state index contributed by atoms with van der Waals surface area (Å²) >= 11 is 0. The second kappa shape index (κ2) is 8.85. The predicted octanol–water partition coefficient (Wildman–Crippen LogP) is 5.12. The highest BCUT2D eigenvalue weighted by Crippen LogP contribution is 2.30. The van der Waals surface area contributed by atoms with E-state index < -0.39 is 0 Å². The van der Waals surface area contributed by atoms with Crippen LogP contribution in [0.1, 0.15) is 28.8 Å². The highest BCUT2D eigenvalue weighted by atomic mass is 16.5. The molecule has 0 spiro atoms. The lowest BCUT2D eigenvalue weighted by atomic mass is 10.1. The Morgan fingerprint density at radius 1 is 1.16 bits per heavy atom. The summed E-state index contributed by atoms with van der Waals surface area (Å²) in [6, 6.07) is 21.1. The van der Waals surface area contributed by atoms with E-state index in [1.165, 1.54) is 0 Å². The second-order valence-corrected chi connectivity index (χ2v) is 7.99. The Balaban J connectivity index is 1.43. The SMILES string of the molecule is Cc1cccn2c(NC(=O)c3cccc(OCC4CCCO4)c3)c(-c3ccccc3)nc12. The first kappa shape index (κ1) is 20.3. The fourth-order valence-corrected chi connectivity index (χ4v) is 3.99. The van der Waals surface area contributed by atoms with E-state index in [4.69, 9.17) is 14.5 Å². The molecular formula is C26H25N3O3. The van der Waals surface area contributed by atoms with Crippen LogP contribution in [-0.4, -0.2) is 34.6 Å². The van der Waals surface area contributed by atoms with Crippen LogP contribution in [0.3, 0.4) is 0 Å². The maximum atomic E-state index is 13.2. The molecule has 1 unspecified atom stereocenters. The molecule has 2 aromatic heterocycles. The van der Waals surface area contributed by atoms with Crippen molar-refractivity contribution in [3.05, 3.63) is 84.1 Å². The minimum atomic E-state index is -0.215. The van der Waals surface area contributed by atoms with E-state index in [0.29, 0.717) is 23.7 Å². The molecule has 5 rings (SSSR count). The zero-order valence-electron chi connectivity index (χ0n) is 18.0. The van der Waals surface area contributed by atoms with Crippen molar-refractivity contribution in [3.8, 4) is 17.0 Å². The standard InChI is InChI=1S/C26H25N3O3/c1-18-8-6-14-29-24(18)27-23(19-9-3-2-4-10-19)25(29)28-26(30)20-11-5-12-21(16-20)32-17-22-13-7-15-31-22/h2-6,8-12,14,16,22H,7,13,15,17H2,1H3,(H,28,30).